The Kier molecular flexibility index (Phi) is 6.81. The van der Waals surface area contributed by atoms with Gasteiger partial charge in [-0.2, -0.15) is 11.8 Å². The highest BCUT2D eigenvalue weighted by molar-refractivity contribution is 7.99. The molecule has 120 valence electrons. The van der Waals surface area contributed by atoms with Crippen molar-refractivity contribution in [2.75, 3.05) is 16.8 Å². The molecule has 0 atom stereocenters. The normalized spacial score (nSPS) is 10.3. The zero-order valence-corrected chi connectivity index (χ0v) is 13.9. The van der Waals surface area contributed by atoms with Gasteiger partial charge in [-0.15, -0.1) is 0 Å². The van der Waals surface area contributed by atoms with Crippen LogP contribution in [0.5, 0.6) is 0 Å². The fourth-order valence-corrected chi connectivity index (χ4v) is 2.89. The first-order valence-corrected chi connectivity index (χ1v) is 8.69. The summed E-state index contributed by atoms with van der Waals surface area (Å²) >= 11 is 1.75. The van der Waals surface area contributed by atoms with Crippen molar-refractivity contribution in [1.82, 2.24) is 4.98 Å². The maximum absolute atomic E-state index is 11.9. The predicted molar refractivity (Wildman–Crippen MR) is 95.0 cm³/mol. The molecule has 2 rings (SSSR count). The number of hydrogen-bond acceptors (Lipinski definition) is 4. The van der Waals surface area contributed by atoms with E-state index in [2.05, 4.69) is 10.3 Å². The molecule has 0 unspecified atom stereocenters. The summed E-state index contributed by atoms with van der Waals surface area (Å²) in [5.74, 6) is 1.75. The highest BCUT2D eigenvalue weighted by Gasteiger charge is 2.04. The van der Waals surface area contributed by atoms with Crippen molar-refractivity contribution in [3.63, 3.8) is 0 Å². The molecule has 1 aromatic carbocycles. The van der Waals surface area contributed by atoms with E-state index >= 15 is 0 Å². The average Bonchev–Trinajstić information content (AvgIpc) is 2.56. The molecule has 4 nitrogen and oxygen atoms in total. The van der Waals surface area contributed by atoms with Gasteiger partial charge in [0.15, 0.2) is 5.78 Å². The standard InChI is InChI=1S/C18H20N2O2S/c1-14(21)15-5-7-17(8-6-15)20-18(22)10-13-23-12-9-16-4-2-3-11-19-16/h2-8,11H,9-10,12-13H2,1H3,(H,20,22). The number of Topliss-reactive ketones (excluding diaryl/α,β-unsaturated/α-hetero) is 1. The Balaban J connectivity index is 1.64. The molecule has 0 aliphatic rings. The van der Waals surface area contributed by atoms with Crippen molar-refractivity contribution in [3.8, 4) is 0 Å². The maximum atomic E-state index is 11.9. The van der Waals surface area contributed by atoms with E-state index in [0.717, 1.165) is 29.3 Å². The van der Waals surface area contributed by atoms with Gasteiger partial charge in [-0.25, -0.2) is 0 Å². The van der Waals surface area contributed by atoms with Gasteiger partial charge in [-0.3, -0.25) is 14.6 Å². The Hall–Kier alpha value is -2.14. The molecule has 1 amide bonds. The van der Waals surface area contributed by atoms with Gasteiger partial charge in [0, 0.05) is 35.3 Å². The predicted octanol–water partition coefficient (Wildman–Crippen LogP) is 3.59. The number of aromatic nitrogens is 1. The lowest BCUT2D eigenvalue weighted by Crippen LogP contribution is -2.12. The topological polar surface area (TPSA) is 59.1 Å². The summed E-state index contributed by atoms with van der Waals surface area (Å²) in [7, 11) is 0. The lowest BCUT2D eigenvalue weighted by Gasteiger charge is -2.06. The number of carbonyl (C=O) groups is 2. The SMILES string of the molecule is CC(=O)c1ccc(NC(=O)CCSCCc2ccccn2)cc1. The Bertz CT molecular complexity index is 642. The van der Waals surface area contributed by atoms with Crippen LogP contribution in [0, 0.1) is 0 Å². The van der Waals surface area contributed by atoms with Crippen molar-refractivity contribution in [3.05, 3.63) is 59.9 Å². The molecular weight excluding hydrogens is 308 g/mol. The van der Waals surface area contributed by atoms with Crippen LogP contribution in [0.3, 0.4) is 0 Å². The van der Waals surface area contributed by atoms with Crippen LogP contribution in [-0.2, 0) is 11.2 Å². The molecule has 2 aromatic rings. The molecule has 1 heterocycles. The fraction of sp³-hybridized carbons (Fsp3) is 0.278. The summed E-state index contributed by atoms with van der Waals surface area (Å²) in [6, 6.07) is 12.9. The number of nitrogens with one attached hydrogen (secondary N) is 1. The van der Waals surface area contributed by atoms with Crippen LogP contribution in [0.15, 0.2) is 48.7 Å². The van der Waals surface area contributed by atoms with E-state index in [1.165, 1.54) is 6.92 Å². The number of thioether (sulfide) groups is 1. The molecule has 0 spiro atoms. The monoisotopic (exact) mass is 328 g/mol. The minimum absolute atomic E-state index is 0.00842. The lowest BCUT2D eigenvalue weighted by atomic mass is 10.1. The number of nitrogens with zero attached hydrogens (tertiary/aromatic N) is 1. The van der Waals surface area contributed by atoms with E-state index in [0.29, 0.717) is 12.0 Å². The van der Waals surface area contributed by atoms with Gasteiger partial charge in [-0.1, -0.05) is 6.07 Å². The van der Waals surface area contributed by atoms with Crippen LogP contribution in [0.25, 0.3) is 0 Å². The molecule has 0 aliphatic heterocycles. The molecule has 0 saturated heterocycles. The summed E-state index contributed by atoms with van der Waals surface area (Å²) in [6.45, 7) is 1.52. The van der Waals surface area contributed by atoms with Crippen LogP contribution in [0.4, 0.5) is 5.69 Å². The molecule has 0 radical (unpaired) electrons. The Morgan fingerprint density at radius 1 is 1.09 bits per heavy atom. The van der Waals surface area contributed by atoms with E-state index < -0.39 is 0 Å². The molecule has 5 heteroatoms. The molecule has 0 bridgehead atoms. The molecular formula is C18H20N2O2S. The van der Waals surface area contributed by atoms with Crippen molar-refractivity contribution in [1.29, 1.82) is 0 Å². The van der Waals surface area contributed by atoms with Gasteiger partial charge in [-0.05, 0) is 55.5 Å². The van der Waals surface area contributed by atoms with Crippen LogP contribution < -0.4 is 5.32 Å². The average molecular weight is 328 g/mol. The zero-order valence-electron chi connectivity index (χ0n) is 13.1. The second-order valence-corrected chi connectivity index (χ2v) is 6.34. The zero-order chi connectivity index (χ0) is 16.5. The van der Waals surface area contributed by atoms with E-state index in [1.54, 1.807) is 42.2 Å². The van der Waals surface area contributed by atoms with Gasteiger partial charge in [0.1, 0.15) is 0 Å². The summed E-state index contributed by atoms with van der Waals surface area (Å²) < 4.78 is 0. The Morgan fingerprint density at radius 2 is 1.87 bits per heavy atom. The van der Waals surface area contributed by atoms with E-state index in [4.69, 9.17) is 0 Å². The summed E-state index contributed by atoms with van der Waals surface area (Å²) in [6.07, 6.45) is 3.19. The quantitative estimate of drug-likeness (QED) is 0.594. The third-order valence-corrected chi connectivity index (χ3v) is 4.26. The summed E-state index contributed by atoms with van der Waals surface area (Å²) in [5.41, 5.74) is 2.45. The first-order chi connectivity index (χ1) is 11.1. The van der Waals surface area contributed by atoms with E-state index in [-0.39, 0.29) is 11.7 Å². The minimum Gasteiger partial charge on any atom is -0.326 e. The highest BCUT2D eigenvalue weighted by atomic mass is 32.2. The molecule has 0 fully saturated rings. The van der Waals surface area contributed by atoms with E-state index in [9.17, 15) is 9.59 Å². The van der Waals surface area contributed by atoms with Crippen molar-refractivity contribution in [2.24, 2.45) is 0 Å². The number of pyridine rings is 1. The molecule has 0 aliphatic carbocycles. The number of aryl methyl sites for hydroxylation is 1. The first kappa shape index (κ1) is 17.2. The number of benzene rings is 1. The molecule has 23 heavy (non-hydrogen) atoms. The number of amides is 1. The Labute approximate surface area is 140 Å². The van der Waals surface area contributed by atoms with Crippen LogP contribution in [0.1, 0.15) is 29.4 Å². The molecule has 1 N–H and O–H groups in total. The number of ketones is 1. The van der Waals surface area contributed by atoms with Gasteiger partial charge >= 0.3 is 0 Å². The smallest absolute Gasteiger partial charge is 0.225 e. The maximum Gasteiger partial charge on any atom is 0.225 e. The molecule has 1 aromatic heterocycles. The fourth-order valence-electron chi connectivity index (χ4n) is 2.00. The van der Waals surface area contributed by atoms with Gasteiger partial charge in [0.2, 0.25) is 5.91 Å². The lowest BCUT2D eigenvalue weighted by molar-refractivity contribution is -0.115. The van der Waals surface area contributed by atoms with Gasteiger partial charge in [0.05, 0.1) is 0 Å². The van der Waals surface area contributed by atoms with Crippen molar-refractivity contribution >= 4 is 29.1 Å². The Morgan fingerprint density at radius 3 is 2.52 bits per heavy atom. The third-order valence-electron chi connectivity index (χ3n) is 3.28. The van der Waals surface area contributed by atoms with E-state index in [1.807, 2.05) is 18.2 Å². The minimum atomic E-state index is -0.00842. The third kappa shape index (κ3) is 6.24. The second kappa shape index (κ2) is 9.10. The summed E-state index contributed by atoms with van der Waals surface area (Å²) in [5, 5.41) is 2.84. The van der Waals surface area contributed by atoms with Crippen LogP contribution in [-0.4, -0.2) is 28.2 Å². The largest absolute Gasteiger partial charge is 0.326 e. The number of rotatable bonds is 8. The summed E-state index contributed by atoms with van der Waals surface area (Å²) in [4.78, 5) is 27.3. The number of hydrogen-bond donors (Lipinski definition) is 1. The highest BCUT2D eigenvalue weighted by Crippen LogP contribution is 2.12. The first-order valence-electron chi connectivity index (χ1n) is 7.53. The van der Waals surface area contributed by atoms with Crippen molar-refractivity contribution in [2.45, 2.75) is 19.8 Å². The van der Waals surface area contributed by atoms with Crippen LogP contribution in [0.2, 0.25) is 0 Å². The number of carbonyl (C=O) groups excluding carboxylic acids is 2. The number of anilines is 1. The molecule has 0 saturated carbocycles. The van der Waals surface area contributed by atoms with Crippen LogP contribution >= 0.6 is 11.8 Å². The van der Waals surface area contributed by atoms with Gasteiger partial charge < -0.3 is 5.32 Å². The van der Waals surface area contributed by atoms with Crippen molar-refractivity contribution < 1.29 is 9.59 Å². The van der Waals surface area contributed by atoms with Gasteiger partial charge in [0.25, 0.3) is 0 Å². The second-order valence-electron chi connectivity index (χ2n) is 5.12.